The Morgan fingerprint density at radius 1 is 1.33 bits per heavy atom. The van der Waals surface area contributed by atoms with Gasteiger partial charge in [-0.1, -0.05) is 0 Å². The standard InChI is InChI=1S/C12H18N2O/c1-9-6-12(7-10(2)14-9)15-11-4-3-5-13-8-11/h6-7,11,13H,3-5,8H2,1-2H3/t11-/m1/s1. The van der Waals surface area contributed by atoms with Crippen LogP contribution in [0.15, 0.2) is 12.1 Å². The molecule has 82 valence electrons. The van der Waals surface area contributed by atoms with Crippen molar-refractivity contribution in [3.63, 3.8) is 0 Å². The molecule has 0 bridgehead atoms. The van der Waals surface area contributed by atoms with E-state index in [-0.39, 0.29) is 0 Å². The molecule has 1 fully saturated rings. The number of piperidine rings is 1. The summed E-state index contributed by atoms with van der Waals surface area (Å²) in [7, 11) is 0. The number of aromatic nitrogens is 1. The lowest BCUT2D eigenvalue weighted by molar-refractivity contribution is 0.167. The van der Waals surface area contributed by atoms with Gasteiger partial charge in [0.1, 0.15) is 11.9 Å². The molecule has 0 saturated carbocycles. The zero-order valence-corrected chi connectivity index (χ0v) is 9.42. The van der Waals surface area contributed by atoms with E-state index in [1.54, 1.807) is 0 Å². The second-order valence-corrected chi connectivity index (χ2v) is 4.17. The van der Waals surface area contributed by atoms with Crippen LogP contribution in [0.5, 0.6) is 5.75 Å². The third kappa shape index (κ3) is 2.93. The molecule has 0 radical (unpaired) electrons. The molecule has 2 heterocycles. The number of ether oxygens (including phenoxy) is 1. The number of hydrogen-bond acceptors (Lipinski definition) is 3. The van der Waals surface area contributed by atoms with Gasteiger partial charge in [0.2, 0.25) is 0 Å². The predicted octanol–water partition coefficient (Wildman–Crippen LogP) is 1.83. The molecule has 2 rings (SSSR count). The van der Waals surface area contributed by atoms with Gasteiger partial charge in [-0.15, -0.1) is 0 Å². The van der Waals surface area contributed by atoms with Crippen molar-refractivity contribution in [3.8, 4) is 5.75 Å². The van der Waals surface area contributed by atoms with Gasteiger partial charge in [-0.05, 0) is 33.2 Å². The minimum absolute atomic E-state index is 0.319. The lowest BCUT2D eigenvalue weighted by Gasteiger charge is -2.24. The number of aryl methyl sites for hydroxylation is 2. The van der Waals surface area contributed by atoms with Crippen molar-refractivity contribution < 1.29 is 4.74 Å². The van der Waals surface area contributed by atoms with Crippen LogP contribution >= 0.6 is 0 Å². The molecule has 0 aromatic carbocycles. The maximum atomic E-state index is 5.91. The smallest absolute Gasteiger partial charge is 0.123 e. The molecule has 1 aromatic heterocycles. The largest absolute Gasteiger partial charge is 0.489 e. The number of nitrogens with one attached hydrogen (secondary N) is 1. The minimum Gasteiger partial charge on any atom is -0.489 e. The first-order valence-electron chi connectivity index (χ1n) is 5.57. The lowest BCUT2D eigenvalue weighted by Crippen LogP contribution is -2.37. The molecule has 3 nitrogen and oxygen atoms in total. The third-order valence-corrected chi connectivity index (χ3v) is 2.61. The highest BCUT2D eigenvalue weighted by Crippen LogP contribution is 2.17. The molecule has 15 heavy (non-hydrogen) atoms. The van der Waals surface area contributed by atoms with E-state index in [1.807, 2.05) is 26.0 Å². The van der Waals surface area contributed by atoms with Crippen LogP contribution in [0.1, 0.15) is 24.2 Å². The Hall–Kier alpha value is -1.09. The second-order valence-electron chi connectivity index (χ2n) is 4.17. The van der Waals surface area contributed by atoms with Crippen molar-refractivity contribution >= 4 is 0 Å². The number of hydrogen-bond donors (Lipinski definition) is 1. The highest BCUT2D eigenvalue weighted by atomic mass is 16.5. The first-order chi connectivity index (χ1) is 7.24. The maximum absolute atomic E-state index is 5.91. The summed E-state index contributed by atoms with van der Waals surface area (Å²) in [4.78, 5) is 4.33. The van der Waals surface area contributed by atoms with E-state index >= 15 is 0 Å². The molecule has 0 unspecified atom stereocenters. The van der Waals surface area contributed by atoms with Gasteiger partial charge in [-0.2, -0.15) is 0 Å². The van der Waals surface area contributed by atoms with E-state index in [9.17, 15) is 0 Å². The SMILES string of the molecule is Cc1cc(O[C@@H]2CCCNC2)cc(C)n1. The van der Waals surface area contributed by atoms with Crippen LogP contribution in [0.2, 0.25) is 0 Å². The molecule has 0 spiro atoms. The first-order valence-corrected chi connectivity index (χ1v) is 5.57. The maximum Gasteiger partial charge on any atom is 0.123 e. The molecule has 1 aliphatic heterocycles. The normalized spacial score (nSPS) is 21.3. The van der Waals surface area contributed by atoms with Crippen molar-refractivity contribution in [1.82, 2.24) is 10.3 Å². The molecular weight excluding hydrogens is 188 g/mol. The zero-order valence-electron chi connectivity index (χ0n) is 9.42. The molecule has 0 amide bonds. The van der Waals surface area contributed by atoms with Gasteiger partial charge >= 0.3 is 0 Å². The zero-order chi connectivity index (χ0) is 10.7. The number of rotatable bonds is 2. The summed E-state index contributed by atoms with van der Waals surface area (Å²) in [6, 6.07) is 4.00. The Kier molecular flexibility index (Phi) is 3.21. The fourth-order valence-corrected chi connectivity index (χ4v) is 1.98. The summed E-state index contributed by atoms with van der Waals surface area (Å²) >= 11 is 0. The van der Waals surface area contributed by atoms with Crippen molar-refractivity contribution in [3.05, 3.63) is 23.5 Å². The van der Waals surface area contributed by atoms with E-state index in [0.29, 0.717) is 6.10 Å². The van der Waals surface area contributed by atoms with Crippen LogP contribution in [0.3, 0.4) is 0 Å². The van der Waals surface area contributed by atoms with E-state index in [4.69, 9.17) is 4.74 Å². The van der Waals surface area contributed by atoms with Gasteiger partial charge in [-0.25, -0.2) is 0 Å². The molecule has 1 atom stereocenters. The number of pyridine rings is 1. The topological polar surface area (TPSA) is 34.1 Å². The van der Waals surface area contributed by atoms with Crippen LogP contribution in [0.4, 0.5) is 0 Å². The van der Waals surface area contributed by atoms with E-state index in [0.717, 1.165) is 36.6 Å². The Labute approximate surface area is 90.9 Å². The second kappa shape index (κ2) is 4.62. The third-order valence-electron chi connectivity index (χ3n) is 2.61. The fourth-order valence-electron chi connectivity index (χ4n) is 1.98. The van der Waals surface area contributed by atoms with Crippen molar-refractivity contribution in [1.29, 1.82) is 0 Å². The molecule has 1 aromatic rings. The Bertz CT molecular complexity index is 312. The minimum atomic E-state index is 0.319. The summed E-state index contributed by atoms with van der Waals surface area (Å²) in [6.07, 6.45) is 2.67. The molecule has 3 heteroatoms. The van der Waals surface area contributed by atoms with Crippen LogP contribution < -0.4 is 10.1 Å². The summed E-state index contributed by atoms with van der Waals surface area (Å²) < 4.78 is 5.91. The molecular formula is C12H18N2O. The highest BCUT2D eigenvalue weighted by Gasteiger charge is 2.14. The molecule has 0 aliphatic carbocycles. The van der Waals surface area contributed by atoms with Crippen molar-refractivity contribution in [2.45, 2.75) is 32.8 Å². The Morgan fingerprint density at radius 3 is 2.67 bits per heavy atom. The summed E-state index contributed by atoms with van der Waals surface area (Å²) in [5.41, 5.74) is 2.04. The quantitative estimate of drug-likeness (QED) is 0.801. The summed E-state index contributed by atoms with van der Waals surface area (Å²) in [6.45, 7) is 6.08. The number of nitrogens with zero attached hydrogens (tertiary/aromatic N) is 1. The monoisotopic (exact) mass is 206 g/mol. The predicted molar refractivity (Wildman–Crippen MR) is 60.2 cm³/mol. The summed E-state index contributed by atoms with van der Waals surface area (Å²) in [5, 5.41) is 3.34. The van der Waals surface area contributed by atoms with Crippen molar-refractivity contribution in [2.75, 3.05) is 13.1 Å². The van der Waals surface area contributed by atoms with Crippen molar-refractivity contribution in [2.24, 2.45) is 0 Å². The van der Waals surface area contributed by atoms with Gasteiger partial charge in [-0.3, -0.25) is 4.98 Å². The highest BCUT2D eigenvalue weighted by molar-refractivity contribution is 5.26. The van der Waals surface area contributed by atoms with Crippen LogP contribution in [0.25, 0.3) is 0 Å². The van der Waals surface area contributed by atoms with E-state index < -0.39 is 0 Å². The van der Waals surface area contributed by atoms with Gasteiger partial charge in [0.05, 0.1) is 0 Å². The van der Waals surface area contributed by atoms with Crippen LogP contribution in [-0.2, 0) is 0 Å². The van der Waals surface area contributed by atoms with Gasteiger partial charge < -0.3 is 10.1 Å². The van der Waals surface area contributed by atoms with Gasteiger partial charge in [0.15, 0.2) is 0 Å². The fraction of sp³-hybridized carbons (Fsp3) is 0.583. The average molecular weight is 206 g/mol. The molecule has 1 N–H and O–H groups in total. The van der Waals surface area contributed by atoms with Crippen LogP contribution in [0, 0.1) is 13.8 Å². The van der Waals surface area contributed by atoms with Gasteiger partial charge in [0, 0.05) is 30.1 Å². The van der Waals surface area contributed by atoms with Crippen LogP contribution in [-0.4, -0.2) is 24.2 Å². The van der Waals surface area contributed by atoms with E-state index in [1.165, 1.54) is 6.42 Å². The Morgan fingerprint density at radius 2 is 2.07 bits per heavy atom. The van der Waals surface area contributed by atoms with E-state index in [2.05, 4.69) is 10.3 Å². The molecule has 1 aliphatic rings. The average Bonchev–Trinajstić information content (AvgIpc) is 2.17. The Balaban J connectivity index is 2.02. The molecule has 1 saturated heterocycles. The lowest BCUT2D eigenvalue weighted by atomic mass is 10.1. The van der Waals surface area contributed by atoms with Gasteiger partial charge in [0.25, 0.3) is 0 Å². The summed E-state index contributed by atoms with van der Waals surface area (Å²) in [5.74, 6) is 0.953. The first kappa shape index (κ1) is 10.4.